The molecule has 2 nitrogen and oxygen atoms in total. The summed E-state index contributed by atoms with van der Waals surface area (Å²) in [5.74, 6) is 1.03. The number of aryl methyl sites for hydroxylation is 1. The zero-order chi connectivity index (χ0) is 13.2. The molecule has 0 spiro atoms. The summed E-state index contributed by atoms with van der Waals surface area (Å²) >= 11 is 0. The average Bonchev–Trinajstić information content (AvgIpc) is 2.44. The predicted octanol–water partition coefficient (Wildman–Crippen LogP) is 3.37. The van der Waals surface area contributed by atoms with E-state index in [4.69, 9.17) is 4.74 Å². The van der Waals surface area contributed by atoms with E-state index in [1.54, 1.807) is 0 Å². The first-order chi connectivity index (χ1) is 9.25. The van der Waals surface area contributed by atoms with Crippen LogP contribution in [0.4, 0.5) is 0 Å². The van der Waals surface area contributed by atoms with Crippen LogP contribution in [0.15, 0.2) is 48.5 Å². The molecule has 2 heteroatoms. The highest BCUT2D eigenvalue weighted by Gasteiger charge is 2.24. The van der Waals surface area contributed by atoms with E-state index in [0.29, 0.717) is 6.73 Å². The third kappa shape index (κ3) is 2.26. The monoisotopic (exact) mass is 252 g/mol. The van der Waals surface area contributed by atoms with E-state index in [1.807, 2.05) is 6.07 Å². The molecule has 0 amide bonds. The number of rotatable bonds is 2. The summed E-state index contributed by atoms with van der Waals surface area (Å²) in [4.78, 5) is 0. The fourth-order valence-corrected chi connectivity index (χ4v) is 2.51. The lowest BCUT2D eigenvalue weighted by Gasteiger charge is -2.19. The minimum atomic E-state index is 0.624. The number of nitrogens with zero attached hydrogens (tertiary/aromatic N) is 1. The number of ether oxygens (including phenoxy) is 1. The summed E-state index contributed by atoms with van der Waals surface area (Å²) in [6, 6.07) is 16.8. The van der Waals surface area contributed by atoms with E-state index in [0.717, 1.165) is 12.3 Å². The van der Waals surface area contributed by atoms with Gasteiger partial charge in [-0.1, -0.05) is 42.5 Å². The van der Waals surface area contributed by atoms with E-state index in [1.165, 1.54) is 22.4 Å². The topological polar surface area (TPSA) is 12.2 Å². The van der Waals surface area contributed by atoms with E-state index in [2.05, 4.69) is 60.9 Å². The van der Waals surface area contributed by atoms with Gasteiger partial charge in [0.25, 0.3) is 6.73 Å². The minimum absolute atomic E-state index is 0.624. The summed E-state index contributed by atoms with van der Waals surface area (Å²) in [6.07, 6.45) is 0. The van der Waals surface area contributed by atoms with Gasteiger partial charge in [0.1, 0.15) is 5.75 Å². The lowest BCUT2D eigenvalue weighted by molar-refractivity contribution is -0.575. The van der Waals surface area contributed by atoms with E-state index < -0.39 is 0 Å². The van der Waals surface area contributed by atoms with Crippen molar-refractivity contribution in [2.45, 2.75) is 20.4 Å². The van der Waals surface area contributed by atoms with Gasteiger partial charge in [-0.05, 0) is 18.6 Å². The van der Waals surface area contributed by atoms with Gasteiger partial charge in [0.05, 0.1) is 5.56 Å². The van der Waals surface area contributed by atoms with Crippen LogP contribution in [0.5, 0.6) is 5.75 Å². The predicted molar refractivity (Wildman–Crippen MR) is 76.9 cm³/mol. The molecule has 0 atom stereocenters. The molecule has 2 aromatic rings. The Kier molecular flexibility index (Phi) is 3.08. The van der Waals surface area contributed by atoms with Crippen LogP contribution in [0.3, 0.4) is 0 Å². The largest absolute Gasteiger partial charge is 0.435 e. The third-order valence-electron chi connectivity index (χ3n) is 3.66. The molecule has 1 aliphatic heterocycles. The van der Waals surface area contributed by atoms with Crippen molar-refractivity contribution in [2.75, 3.05) is 6.73 Å². The Morgan fingerprint density at radius 2 is 1.79 bits per heavy atom. The van der Waals surface area contributed by atoms with Gasteiger partial charge < -0.3 is 4.74 Å². The smallest absolute Gasteiger partial charge is 0.287 e. The highest BCUT2D eigenvalue weighted by atomic mass is 16.5. The molecule has 0 aliphatic carbocycles. The first-order valence-electron chi connectivity index (χ1n) is 6.61. The van der Waals surface area contributed by atoms with Crippen LogP contribution in [-0.4, -0.2) is 17.0 Å². The van der Waals surface area contributed by atoms with Gasteiger partial charge in [0.15, 0.2) is 12.3 Å². The molecule has 0 saturated heterocycles. The van der Waals surface area contributed by atoms with Crippen molar-refractivity contribution in [3.05, 3.63) is 65.2 Å². The number of hydrogen-bond donors (Lipinski definition) is 0. The molecule has 0 unspecified atom stereocenters. The Labute approximate surface area is 114 Å². The summed E-state index contributed by atoms with van der Waals surface area (Å²) in [5.41, 5.74) is 5.01. The Hall–Kier alpha value is -2.09. The summed E-state index contributed by atoms with van der Waals surface area (Å²) in [7, 11) is 0. The zero-order valence-electron chi connectivity index (χ0n) is 11.4. The third-order valence-corrected chi connectivity index (χ3v) is 3.66. The Balaban J connectivity index is 1.97. The summed E-state index contributed by atoms with van der Waals surface area (Å²) in [6.45, 7) is 5.78. The van der Waals surface area contributed by atoms with Crippen LogP contribution in [0.2, 0.25) is 0 Å². The van der Waals surface area contributed by atoms with E-state index in [9.17, 15) is 0 Å². The fourth-order valence-electron chi connectivity index (χ4n) is 2.51. The van der Waals surface area contributed by atoms with Crippen LogP contribution >= 0.6 is 0 Å². The number of benzene rings is 2. The van der Waals surface area contributed by atoms with Gasteiger partial charge in [-0.15, -0.1) is 0 Å². The molecular weight excluding hydrogens is 234 g/mol. The number of para-hydroxylation sites is 1. The van der Waals surface area contributed by atoms with Gasteiger partial charge in [-0.2, -0.15) is 4.58 Å². The molecule has 0 saturated carbocycles. The maximum atomic E-state index is 5.91. The first kappa shape index (κ1) is 12.0. The van der Waals surface area contributed by atoms with Crippen molar-refractivity contribution in [2.24, 2.45) is 0 Å². The van der Waals surface area contributed by atoms with Crippen molar-refractivity contribution in [1.29, 1.82) is 0 Å². The van der Waals surface area contributed by atoms with E-state index >= 15 is 0 Å². The van der Waals surface area contributed by atoms with E-state index in [-0.39, 0.29) is 0 Å². The second kappa shape index (κ2) is 4.88. The first-order valence-corrected chi connectivity index (χ1v) is 6.61. The number of fused-ring (bicyclic) bond motifs is 1. The molecule has 0 aromatic heterocycles. The molecule has 0 fully saturated rings. The standard InChI is InChI=1S/C17H18NO/c1-13-7-6-10-16-14(2)18(12-19-17(13)16)11-15-8-4-3-5-9-15/h3-10H,11-12H2,1-2H3/q+1. The fraction of sp³-hybridized carbons (Fsp3) is 0.235. The number of hydrogen-bond acceptors (Lipinski definition) is 1. The van der Waals surface area contributed by atoms with Crippen molar-refractivity contribution in [3.8, 4) is 5.75 Å². The Morgan fingerprint density at radius 1 is 1.00 bits per heavy atom. The second-order valence-corrected chi connectivity index (χ2v) is 4.99. The Morgan fingerprint density at radius 3 is 2.58 bits per heavy atom. The Bertz CT molecular complexity index is 629. The maximum absolute atomic E-state index is 5.91. The lowest BCUT2D eigenvalue weighted by Crippen LogP contribution is -2.29. The SMILES string of the molecule is CC1=[N+](Cc2ccccc2)COc2c(C)cccc21. The molecule has 0 N–H and O–H groups in total. The van der Waals surface area contributed by atoms with Crippen LogP contribution in [0.25, 0.3) is 0 Å². The van der Waals surface area contributed by atoms with Gasteiger partial charge in [-0.3, -0.25) is 0 Å². The van der Waals surface area contributed by atoms with Crippen LogP contribution in [0.1, 0.15) is 23.6 Å². The summed E-state index contributed by atoms with van der Waals surface area (Å²) in [5, 5.41) is 0. The van der Waals surface area contributed by atoms with Crippen LogP contribution < -0.4 is 4.74 Å². The molecule has 1 aliphatic rings. The second-order valence-electron chi connectivity index (χ2n) is 4.99. The normalized spacial score (nSPS) is 14.0. The maximum Gasteiger partial charge on any atom is 0.287 e. The molecular formula is C17H18NO+. The average molecular weight is 252 g/mol. The minimum Gasteiger partial charge on any atom is -0.435 e. The highest BCUT2D eigenvalue weighted by Crippen LogP contribution is 2.27. The van der Waals surface area contributed by atoms with Gasteiger partial charge in [0, 0.05) is 12.5 Å². The molecule has 19 heavy (non-hydrogen) atoms. The molecule has 0 radical (unpaired) electrons. The van der Waals surface area contributed by atoms with Gasteiger partial charge >= 0.3 is 0 Å². The quantitative estimate of drug-likeness (QED) is 0.746. The lowest BCUT2D eigenvalue weighted by atomic mass is 10.0. The van der Waals surface area contributed by atoms with Crippen molar-refractivity contribution >= 4 is 5.71 Å². The molecule has 1 heterocycles. The van der Waals surface area contributed by atoms with Gasteiger partial charge in [0.2, 0.25) is 0 Å². The van der Waals surface area contributed by atoms with Gasteiger partial charge in [-0.25, -0.2) is 0 Å². The van der Waals surface area contributed by atoms with Crippen LogP contribution in [0, 0.1) is 6.92 Å². The van der Waals surface area contributed by atoms with Crippen molar-refractivity contribution in [1.82, 2.24) is 0 Å². The van der Waals surface area contributed by atoms with Crippen LogP contribution in [-0.2, 0) is 6.54 Å². The van der Waals surface area contributed by atoms with Crippen molar-refractivity contribution < 1.29 is 9.31 Å². The summed E-state index contributed by atoms with van der Waals surface area (Å²) < 4.78 is 8.19. The molecule has 0 bridgehead atoms. The molecule has 3 rings (SSSR count). The highest BCUT2D eigenvalue weighted by molar-refractivity contribution is 5.98. The molecule has 96 valence electrons. The van der Waals surface area contributed by atoms with Crippen molar-refractivity contribution in [3.63, 3.8) is 0 Å². The molecule has 2 aromatic carbocycles. The zero-order valence-corrected chi connectivity index (χ0v) is 11.4.